The van der Waals surface area contributed by atoms with E-state index in [-0.39, 0.29) is 12.1 Å². The Labute approximate surface area is 96.8 Å². The van der Waals surface area contributed by atoms with Crippen LogP contribution in [0.3, 0.4) is 0 Å². The van der Waals surface area contributed by atoms with Gasteiger partial charge < -0.3 is 11.1 Å². The van der Waals surface area contributed by atoms with Crippen LogP contribution in [-0.2, 0) is 17.5 Å². The number of benzene rings is 1. The lowest BCUT2D eigenvalue weighted by molar-refractivity contribution is -0.138. The van der Waals surface area contributed by atoms with Gasteiger partial charge in [-0.3, -0.25) is 4.79 Å². The molecule has 3 nitrogen and oxygen atoms in total. The average Bonchev–Trinajstić information content (AvgIpc) is 2.24. The molecule has 0 aromatic heterocycles. The number of amides is 1. The van der Waals surface area contributed by atoms with E-state index in [4.69, 9.17) is 5.73 Å². The number of hydrogen-bond donors (Lipinski definition) is 2. The van der Waals surface area contributed by atoms with E-state index in [1.54, 1.807) is 0 Å². The first-order valence-corrected chi connectivity index (χ1v) is 5.00. The molecule has 1 atom stereocenters. The van der Waals surface area contributed by atoms with Gasteiger partial charge in [-0.2, -0.15) is 13.2 Å². The highest BCUT2D eigenvalue weighted by molar-refractivity contribution is 5.80. The van der Waals surface area contributed by atoms with Crippen molar-refractivity contribution in [3.63, 3.8) is 0 Å². The first kappa shape index (κ1) is 13.5. The summed E-state index contributed by atoms with van der Waals surface area (Å²) in [6.07, 6.45) is -4.42. The number of nitrogens with one attached hydrogen (secondary N) is 1. The predicted molar refractivity (Wildman–Crippen MR) is 56.9 cm³/mol. The molecular weight excluding hydrogens is 233 g/mol. The predicted octanol–water partition coefficient (Wildman–Crippen LogP) is 1.67. The van der Waals surface area contributed by atoms with Gasteiger partial charge in [0.15, 0.2) is 0 Å². The van der Waals surface area contributed by atoms with E-state index in [0.29, 0.717) is 0 Å². The normalized spacial score (nSPS) is 13.2. The van der Waals surface area contributed by atoms with Crippen molar-refractivity contribution in [1.82, 2.24) is 5.32 Å². The molecule has 1 rings (SSSR count). The maximum absolute atomic E-state index is 12.6. The van der Waals surface area contributed by atoms with Crippen LogP contribution in [0.4, 0.5) is 13.2 Å². The summed E-state index contributed by atoms with van der Waals surface area (Å²) >= 11 is 0. The second-order valence-corrected chi connectivity index (χ2v) is 3.66. The topological polar surface area (TPSA) is 55.1 Å². The minimum absolute atomic E-state index is 0.0222. The van der Waals surface area contributed by atoms with Gasteiger partial charge >= 0.3 is 6.18 Å². The zero-order valence-corrected chi connectivity index (χ0v) is 9.21. The SMILES string of the molecule is C[C@H](N)C(=O)NCc1ccccc1C(F)(F)F. The second kappa shape index (κ2) is 5.18. The largest absolute Gasteiger partial charge is 0.416 e. The Kier molecular flexibility index (Phi) is 4.11. The molecular formula is C11H13F3N2O. The van der Waals surface area contributed by atoms with E-state index in [0.717, 1.165) is 6.07 Å². The van der Waals surface area contributed by atoms with Crippen LogP contribution in [0.15, 0.2) is 24.3 Å². The maximum atomic E-state index is 12.6. The van der Waals surface area contributed by atoms with Gasteiger partial charge in [0.25, 0.3) is 0 Å². The molecule has 6 heteroatoms. The van der Waals surface area contributed by atoms with Crippen molar-refractivity contribution in [3.8, 4) is 0 Å². The Morgan fingerprint density at radius 1 is 1.41 bits per heavy atom. The van der Waals surface area contributed by atoms with Crippen LogP contribution in [0.5, 0.6) is 0 Å². The van der Waals surface area contributed by atoms with Gasteiger partial charge in [0, 0.05) is 6.54 Å². The Bertz CT molecular complexity index is 402. The number of alkyl halides is 3. The maximum Gasteiger partial charge on any atom is 0.416 e. The van der Waals surface area contributed by atoms with E-state index in [9.17, 15) is 18.0 Å². The number of halogens is 3. The first-order valence-electron chi connectivity index (χ1n) is 5.00. The molecule has 0 radical (unpaired) electrons. The minimum Gasteiger partial charge on any atom is -0.351 e. The number of rotatable bonds is 3. The molecule has 0 fully saturated rings. The van der Waals surface area contributed by atoms with Gasteiger partial charge in [-0.1, -0.05) is 18.2 Å². The summed E-state index contributed by atoms with van der Waals surface area (Å²) in [6.45, 7) is 1.28. The highest BCUT2D eigenvalue weighted by Gasteiger charge is 2.32. The minimum atomic E-state index is -4.42. The van der Waals surface area contributed by atoms with E-state index in [1.807, 2.05) is 0 Å². The second-order valence-electron chi connectivity index (χ2n) is 3.66. The fourth-order valence-electron chi connectivity index (χ4n) is 1.29. The lowest BCUT2D eigenvalue weighted by Crippen LogP contribution is -2.38. The molecule has 1 aromatic carbocycles. The fourth-order valence-corrected chi connectivity index (χ4v) is 1.29. The zero-order chi connectivity index (χ0) is 13.1. The smallest absolute Gasteiger partial charge is 0.351 e. The monoisotopic (exact) mass is 246 g/mol. The van der Waals surface area contributed by atoms with E-state index >= 15 is 0 Å². The summed E-state index contributed by atoms with van der Waals surface area (Å²) in [4.78, 5) is 11.2. The Morgan fingerprint density at radius 3 is 2.53 bits per heavy atom. The molecule has 0 saturated heterocycles. The standard InChI is InChI=1S/C11H13F3N2O/c1-7(15)10(17)16-6-8-4-2-3-5-9(8)11(12,13)14/h2-5,7H,6,15H2,1H3,(H,16,17)/t7-/m0/s1. The van der Waals surface area contributed by atoms with Crippen molar-refractivity contribution in [1.29, 1.82) is 0 Å². The molecule has 0 bridgehead atoms. The molecule has 0 heterocycles. The number of nitrogens with two attached hydrogens (primary N) is 1. The lowest BCUT2D eigenvalue weighted by Gasteiger charge is -2.13. The van der Waals surface area contributed by atoms with Crippen molar-refractivity contribution in [2.24, 2.45) is 5.73 Å². The highest BCUT2D eigenvalue weighted by Crippen LogP contribution is 2.31. The third kappa shape index (κ3) is 3.74. The molecule has 1 aromatic rings. The summed E-state index contributed by atoms with van der Waals surface area (Å²) in [5.74, 6) is -0.484. The molecule has 17 heavy (non-hydrogen) atoms. The Morgan fingerprint density at radius 2 is 2.00 bits per heavy atom. The third-order valence-electron chi connectivity index (χ3n) is 2.19. The quantitative estimate of drug-likeness (QED) is 0.852. The summed E-state index contributed by atoms with van der Waals surface area (Å²) in [5, 5.41) is 2.35. The van der Waals surface area contributed by atoms with Gasteiger partial charge in [0.2, 0.25) is 5.91 Å². The molecule has 0 aliphatic heterocycles. The summed E-state index contributed by atoms with van der Waals surface area (Å²) in [5.41, 5.74) is 4.57. The number of hydrogen-bond acceptors (Lipinski definition) is 2. The van der Waals surface area contributed by atoms with Gasteiger partial charge in [-0.05, 0) is 18.6 Å². The molecule has 0 unspecified atom stereocenters. The Hall–Kier alpha value is -1.56. The van der Waals surface area contributed by atoms with Gasteiger partial charge in [0.05, 0.1) is 11.6 Å². The van der Waals surface area contributed by atoms with E-state index in [2.05, 4.69) is 5.32 Å². The molecule has 0 saturated carbocycles. The van der Waals surface area contributed by atoms with Crippen LogP contribution < -0.4 is 11.1 Å². The molecule has 94 valence electrons. The Balaban J connectivity index is 2.82. The molecule has 0 aliphatic rings. The molecule has 0 spiro atoms. The first-order chi connectivity index (χ1) is 7.82. The van der Waals surface area contributed by atoms with Gasteiger partial charge in [-0.15, -0.1) is 0 Å². The number of carbonyl (C=O) groups excluding carboxylic acids is 1. The number of carbonyl (C=O) groups is 1. The van der Waals surface area contributed by atoms with Crippen molar-refractivity contribution in [3.05, 3.63) is 35.4 Å². The van der Waals surface area contributed by atoms with Gasteiger partial charge in [0.1, 0.15) is 0 Å². The van der Waals surface area contributed by atoms with Crippen LogP contribution in [0.1, 0.15) is 18.1 Å². The highest BCUT2D eigenvalue weighted by atomic mass is 19.4. The van der Waals surface area contributed by atoms with Gasteiger partial charge in [-0.25, -0.2) is 0 Å². The van der Waals surface area contributed by atoms with Crippen LogP contribution >= 0.6 is 0 Å². The summed E-state index contributed by atoms with van der Waals surface area (Å²) in [7, 11) is 0. The van der Waals surface area contributed by atoms with Crippen molar-refractivity contribution in [2.75, 3.05) is 0 Å². The van der Waals surface area contributed by atoms with Crippen LogP contribution in [0.2, 0.25) is 0 Å². The molecule has 1 amide bonds. The molecule has 3 N–H and O–H groups in total. The lowest BCUT2D eigenvalue weighted by atomic mass is 10.1. The summed E-state index contributed by atoms with van der Waals surface area (Å²) in [6, 6.07) is 4.35. The third-order valence-corrected chi connectivity index (χ3v) is 2.19. The van der Waals surface area contributed by atoms with E-state index < -0.39 is 23.7 Å². The van der Waals surface area contributed by atoms with Crippen molar-refractivity contribution >= 4 is 5.91 Å². The molecule has 0 aliphatic carbocycles. The van der Waals surface area contributed by atoms with Crippen LogP contribution in [-0.4, -0.2) is 11.9 Å². The van der Waals surface area contributed by atoms with E-state index in [1.165, 1.54) is 25.1 Å². The summed E-state index contributed by atoms with van der Waals surface area (Å²) < 4.78 is 37.8. The fraction of sp³-hybridized carbons (Fsp3) is 0.364. The van der Waals surface area contributed by atoms with Crippen LogP contribution in [0, 0.1) is 0 Å². The average molecular weight is 246 g/mol. The van der Waals surface area contributed by atoms with Crippen LogP contribution in [0.25, 0.3) is 0 Å². The van der Waals surface area contributed by atoms with Crippen molar-refractivity contribution < 1.29 is 18.0 Å². The zero-order valence-electron chi connectivity index (χ0n) is 9.21. The van der Waals surface area contributed by atoms with Crippen molar-refractivity contribution in [2.45, 2.75) is 25.7 Å².